The second-order valence-corrected chi connectivity index (χ2v) is 4.89. The maximum atomic E-state index is 12.1. The zero-order valence-electron chi connectivity index (χ0n) is 11.4. The van der Waals surface area contributed by atoms with Gasteiger partial charge in [0.1, 0.15) is 5.54 Å². The third-order valence-corrected chi connectivity index (χ3v) is 3.25. The van der Waals surface area contributed by atoms with Gasteiger partial charge in [0.05, 0.1) is 6.61 Å². The third-order valence-electron chi connectivity index (χ3n) is 3.25. The molecule has 1 aliphatic rings. The fraction of sp³-hybridized carbons (Fsp3) is 0.429. The van der Waals surface area contributed by atoms with Crippen molar-refractivity contribution in [1.29, 1.82) is 0 Å². The number of rotatable bonds is 4. The van der Waals surface area contributed by atoms with Crippen LogP contribution in [0.3, 0.4) is 0 Å². The van der Waals surface area contributed by atoms with Crippen LogP contribution in [0.4, 0.5) is 11.4 Å². The highest BCUT2D eigenvalue weighted by Crippen LogP contribution is 2.19. The number of hydrogen-bond acceptors (Lipinski definition) is 4. The summed E-state index contributed by atoms with van der Waals surface area (Å²) in [5.41, 5.74) is 6.36. The van der Waals surface area contributed by atoms with Gasteiger partial charge in [-0.2, -0.15) is 0 Å². The zero-order chi connectivity index (χ0) is 14.6. The van der Waals surface area contributed by atoms with Crippen molar-refractivity contribution in [3.63, 3.8) is 0 Å². The van der Waals surface area contributed by atoms with Crippen LogP contribution in [0, 0.1) is 0 Å². The largest absolute Gasteiger partial charge is 0.379 e. The van der Waals surface area contributed by atoms with Gasteiger partial charge in [-0.05, 0) is 30.7 Å². The fourth-order valence-electron chi connectivity index (χ4n) is 1.90. The van der Waals surface area contributed by atoms with Gasteiger partial charge in [-0.1, -0.05) is 6.92 Å². The summed E-state index contributed by atoms with van der Waals surface area (Å²) in [5.74, 6) is -0.300. The minimum atomic E-state index is -0.949. The first kappa shape index (κ1) is 14.5. The Hall–Kier alpha value is -1.92. The Balaban J connectivity index is 1.96. The molecule has 0 aliphatic carbocycles. The summed E-state index contributed by atoms with van der Waals surface area (Å²) in [4.78, 5) is 23.3. The molecule has 1 aromatic carbocycles. The highest BCUT2D eigenvalue weighted by molar-refractivity contribution is 5.98. The molecule has 20 heavy (non-hydrogen) atoms. The van der Waals surface area contributed by atoms with Crippen LogP contribution in [0.5, 0.6) is 0 Å². The summed E-state index contributed by atoms with van der Waals surface area (Å²) in [5, 5.41) is 5.50. The van der Waals surface area contributed by atoms with E-state index in [0.29, 0.717) is 30.8 Å². The first-order valence-corrected chi connectivity index (χ1v) is 6.61. The average Bonchev–Trinajstić information content (AvgIpc) is 2.89. The molecule has 4 N–H and O–H groups in total. The molecule has 2 rings (SSSR count). The number of carbonyl (C=O) groups is 2. The maximum Gasteiger partial charge on any atom is 0.246 e. The van der Waals surface area contributed by atoms with Gasteiger partial charge in [-0.3, -0.25) is 9.59 Å². The van der Waals surface area contributed by atoms with Gasteiger partial charge in [-0.15, -0.1) is 0 Å². The number of nitrogens with one attached hydrogen (secondary N) is 2. The molecule has 1 atom stereocenters. The summed E-state index contributed by atoms with van der Waals surface area (Å²) in [6.45, 7) is 2.53. The van der Waals surface area contributed by atoms with Crippen molar-refractivity contribution in [2.75, 3.05) is 23.8 Å². The van der Waals surface area contributed by atoms with E-state index in [4.69, 9.17) is 10.5 Å². The van der Waals surface area contributed by atoms with Gasteiger partial charge in [0, 0.05) is 24.4 Å². The van der Waals surface area contributed by atoms with Crippen molar-refractivity contribution in [3.05, 3.63) is 24.3 Å². The Bertz CT molecular complexity index is 493. The molecule has 1 saturated heterocycles. The number of carbonyl (C=O) groups excluding carboxylic acids is 2. The molecule has 0 aromatic heterocycles. The number of benzene rings is 1. The fourth-order valence-corrected chi connectivity index (χ4v) is 1.90. The molecule has 1 unspecified atom stereocenters. The average molecular weight is 277 g/mol. The van der Waals surface area contributed by atoms with Crippen molar-refractivity contribution in [3.8, 4) is 0 Å². The Morgan fingerprint density at radius 2 is 1.85 bits per heavy atom. The SMILES string of the molecule is CCC(=O)Nc1ccc(NC(=O)C2(N)CCOC2)cc1. The Morgan fingerprint density at radius 1 is 1.25 bits per heavy atom. The van der Waals surface area contributed by atoms with Crippen LogP contribution in [0.25, 0.3) is 0 Å². The Labute approximate surface area is 117 Å². The Morgan fingerprint density at radius 3 is 2.35 bits per heavy atom. The van der Waals surface area contributed by atoms with Crippen LogP contribution >= 0.6 is 0 Å². The van der Waals surface area contributed by atoms with Crippen LogP contribution in [-0.4, -0.2) is 30.6 Å². The predicted molar refractivity (Wildman–Crippen MR) is 76.3 cm³/mol. The second-order valence-electron chi connectivity index (χ2n) is 4.89. The van der Waals surface area contributed by atoms with E-state index < -0.39 is 5.54 Å². The van der Waals surface area contributed by atoms with E-state index in [9.17, 15) is 9.59 Å². The molecule has 2 amide bonds. The van der Waals surface area contributed by atoms with E-state index in [0.717, 1.165) is 0 Å². The van der Waals surface area contributed by atoms with Crippen LogP contribution in [0.1, 0.15) is 19.8 Å². The van der Waals surface area contributed by atoms with E-state index >= 15 is 0 Å². The lowest BCUT2D eigenvalue weighted by Gasteiger charge is -2.20. The van der Waals surface area contributed by atoms with E-state index in [-0.39, 0.29) is 18.4 Å². The van der Waals surface area contributed by atoms with Crippen LogP contribution < -0.4 is 16.4 Å². The molecular weight excluding hydrogens is 258 g/mol. The van der Waals surface area contributed by atoms with Gasteiger partial charge >= 0.3 is 0 Å². The van der Waals surface area contributed by atoms with Gasteiger partial charge in [0.2, 0.25) is 11.8 Å². The summed E-state index contributed by atoms with van der Waals surface area (Å²) < 4.78 is 5.16. The summed E-state index contributed by atoms with van der Waals surface area (Å²) in [6, 6.07) is 6.92. The first-order valence-electron chi connectivity index (χ1n) is 6.61. The minimum Gasteiger partial charge on any atom is -0.379 e. The van der Waals surface area contributed by atoms with E-state index in [1.165, 1.54) is 0 Å². The van der Waals surface area contributed by atoms with E-state index in [1.54, 1.807) is 31.2 Å². The van der Waals surface area contributed by atoms with Gasteiger partial charge in [-0.25, -0.2) is 0 Å². The van der Waals surface area contributed by atoms with Crippen LogP contribution in [0.15, 0.2) is 24.3 Å². The monoisotopic (exact) mass is 277 g/mol. The second kappa shape index (κ2) is 6.02. The number of hydrogen-bond donors (Lipinski definition) is 3. The molecule has 108 valence electrons. The van der Waals surface area contributed by atoms with Gasteiger partial charge in [0.25, 0.3) is 0 Å². The molecule has 0 spiro atoms. The third kappa shape index (κ3) is 3.34. The molecule has 1 fully saturated rings. The molecule has 6 nitrogen and oxygen atoms in total. The first-order chi connectivity index (χ1) is 9.53. The number of ether oxygens (including phenoxy) is 1. The number of amides is 2. The van der Waals surface area contributed by atoms with E-state index in [2.05, 4.69) is 10.6 Å². The topological polar surface area (TPSA) is 93.5 Å². The zero-order valence-corrected chi connectivity index (χ0v) is 11.4. The number of anilines is 2. The molecule has 0 saturated carbocycles. The van der Waals surface area contributed by atoms with Crippen molar-refractivity contribution in [1.82, 2.24) is 0 Å². The lowest BCUT2D eigenvalue weighted by atomic mass is 9.99. The van der Waals surface area contributed by atoms with Crippen molar-refractivity contribution >= 4 is 23.2 Å². The highest BCUT2D eigenvalue weighted by Gasteiger charge is 2.38. The molecule has 1 aliphatic heterocycles. The smallest absolute Gasteiger partial charge is 0.246 e. The van der Waals surface area contributed by atoms with Crippen LogP contribution in [0.2, 0.25) is 0 Å². The molecular formula is C14H19N3O3. The van der Waals surface area contributed by atoms with Gasteiger partial charge < -0.3 is 21.1 Å². The van der Waals surface area contributed by atoms with Crippen molar-refractivity contribution in [2.45, 2.75) is 25.3 Å². The normalized spacial score (nSPS) is 21.5. The Kier molecular flexibility index (Phi) is 4.36. The lowest BCUT2D eigenvalue weighted by molar-refractivity contribution is -0.121. The quantitative estimate of drug-likeness (QED) is 0.768. The van der Waals surface area contributed by atoms with Crippen molar-refractivity contribution < 1.29 is 14.3 Å². The van der Waals surface area contributed by atoms with Crippen LogP contribution in [-0.2, 0) is 14.3 Å². The summed E-state index contributed by atoms with van der Waals surface area (Å²) in [7, 11) is 0. The number of nitrogens with two attached hydrogens (primary N) is 1. The molecule has 1 heterocycles. The highest BCUT2D eigenvalue weighted by atomic mass is 16.5. The summed E-state index contributed by atoms with van der Waals surface area (Å²) >= 11 is 0. The standard InChI is InChI=1S/C14H19N3O3/c1-2-12(18)16-10-3-5-11(6-4-10)17-13(19)14(15)7-8-20-9-14/h3-6H,2,7-9,15H2,1H3,(H,16,18)(H,17,19). The maximum absolute atomic E-state index is 12.1. The summed E-state index contributed by atoms with van der Waals surface area (Å²) in [6.07, 6.45) is 0.942. The van der Waals surface area contributed by atoms with E-state index in [1.807, 2.05) is 0 Å². The predicted octanol–water partition coefficient (Wildman–Crippen LogP) is 1.09. The molecule has 1 aromatic rings. The molecule has 0 bridgehead atoms. The van der Waals surface area contributed by atoms with Crippen molar-refractivity contribution in [2.24, 2.45) is 5.73 Å². The van der Waals surface area contributed by atoms with Gasteiger partial charge in [0.15, 0.2) is 0 Å². The molecule has 0 radical (unpaired) electrons. The molecule has 6 heteroatoms. The minimum absolute atomic E-state index is 0.0502. The lowest BCUT2D eigenvalue weighted by Crippen LogP contribution is -2.51.